The van der Waals surface area contributed by atoms with Gasteiger partial charge in [0, 0.05) is 6.54 Å². The summed E-state index contributed by atoms with van der Waals surface area (Å²) in [5.41, 5.74) is 1.64. The maximum absolute atomic E-state index is 13.0. The van der Waals surface area contributed by atoms with Crippen molar-refractivity contribution in [3.63, 3.8) is 0 Å². The first-order chi connectivity index (χ1) is 14.6. The zero-order valence-corrected chi connectivity index (χ0v) is 18.5. The van der Waals surface area contributed by atoms with Gasteiger partial charge in [0.2, 0.25) is 0 Å². The number of benzene rings is 2. The summed E-state index contributed by atoms with van der Waals surface area (Å²) >= 11 is 1.38. The van der Waals surface area contributed by atoms with Crippen molar-refractivity contribution < 1.29 is 19.0 Å². The minimum absolute atomic E-state index is 0.0404. The van der Waals surface area contributed by atoms with Crippen LogP contribution in [-0.4, -0.2) is 43.3 Å². The van der Waals surface area contributed by atoms with E-state index in [0.717, 1.165) is 23.4 Å². The molecule has 0 atom stereocenters. The lowest BCUT2D eigenvalue weighted by Crippen LogP contribution is -2.29. The standard InChI is InChI=1S/C23H26N2O4S/c1-5-13-25-22(26)21(15-16-7-12-19(27-3)20(14-16)28-4)30-23(25)24-17-8-10-18(11-9-17)29-6-2/h7-12,14-15H,5-6,13H2,1-4H3/b21-15-,24-23?. The van der Waals surface area contributed by atoms with Crippen LogP contribution in [0.1, 0.15) is 25.8 Å². The second-order valence-corrected chi connectivity index (χ2v) is 7.51. The maximum atomic E-state index is 13.0. The van der Waals surface area contributed by atoms with E-state index in [1.54, 1.807) is 19.1 Å². The van der Waals surface area contributed by atoms with Gasteiger partial charge in [-0.1, -0.05) is 13.0 Å². The number of rotatable bonds is 8. The first kappa shape index (κ1) is 21.8. The van der Waals surface area contributed by atoms with E-state index in [9.17, 15) is 4.79 Å². The Balaban J connectivity index is 1.89. The van der Waals surface area contributed by atoms with E-state index in [1.165, 1.54) is 11.8 Å². The molecule has 2 aromatic carbocycles. The molecule has 7 heteroatoms. The minimum atomic E-state index is -0.0404. The van der Waals surface area contributed by atoms with E-state index in [4.69, 9.17) is 19.2 Å². The lowest BCUT2D eigenvalue weighted by atomic mass is 10.2. The number of hydrogen-bond acceptors (Lipinski definition) is 6. The molecule has 0 unspecified atom stereocenters. The number of ether oxygens (including phenoxy) is 3. The summed E-state index contributed by atoms with van der Waals surface area (Å²) in [6.45, 7) is 5.23. The van der Waals surface area contributed by atoms with Crippen LogP contribution in [0.15, 0.2) is 52.4 Å². The molecule has 0 aliphatic carbocycles. The highest BCUT2D eigenvalue weighted by atomic mass is 32.2. The van der Waals surface area contributed by atoms with E-state index in [1.807, 2.05) is 62.4 Å². The third-order valence-electron chi connectivity index (χ3n) is 4.41. The normalized spacial score (nSPS) is 16.4. The van der Waals surface area contributed by atoms with Gasteiger partial charge in [-0.2, -0.15) is 0 Å². The predicted molar refractivity (Wildman–Crippen MR) is 122 cm³/mol. The van der Waals surface area contributed by atoms with Crippen LogP contribution in [0.3, 0.4) is 0 Å². The molecule has 0 radical (unpaired) electrons. The summed E-state index contributed by atoms with van der Waals surface area (Å²) in [6, 6.07) is 13.1. The maximum Gasteiger partial charge on any atom is 0.266 e. The Bertz CT molecular complexity index is 954. The van der Waals surface area contributed by atoms with Crippen LogP contribution < -0.4 is 14.2 Å². The fourth-order valence-corrected chi connectivity index (χ4v) is 4.02. The monoisotopic (exact) mass is 426 g/mol. The smallest absolute Gasteiger partial charge is 0.266 e. The van der Waals surface area contributed by atoms with Crippen molar-refractivity contribution >= 4 is 34.6 Å². The number of hydrogen-bond donors (Lipinski definition) is 0. The van der Waals surface area contributed by atoms with Gasteiger partial charge in [-0.25, -0.2) is 4.99 Å². The van der Waals surface area contributed by atoms with E-state index in [2.05, 4.69) is 0 Å². The first-order valence-corrected chi connectivity index (χ1v) is 10.7. The van der Waals surface area contributed by atoms with Crippen molar-refractivity contribution in [3.8, 4) is 17.2 Å². The lowest BCUT2D eigenvalue weighted by molar-refractivity contribution is -0.122. The fourth-order valence-electron chi connectivity index (χ4n) is 3.00. The zero-order valence-electron chi connectivity index (χ0n) is 17.7. The van der Waals surface area contributed by atoms with E-state index in [-0.39, 0.29) is 5.91 Å². The number of carbonyl (C=O) groups excluding carboxylic acids is 1. The van der Waals surface area contributed by atoms with Crippen LogP contribution in [0.4, 0.5) is 5.69 Å². The van der Waals surface area contributed by atoms with E-state index < -0.39 is 0 Å². The van der Waals surface area contributed by atoms with Crippen LogP contribution in [-0.2, 0) is 4.79 Å². The van der Waals surface area contributed by atoms with Crippen LogP contribution >= 0.6 is 11.8 Å². The van der Waals surface area contributed by atoms with Gasteiger partial charge in [0.05, 0.1) is 31.4 Å². The van der Waals surface area contributed by atoms with Crippen molar-refractivity contribution in [1.29, 1.82) is 0 Å². The largest absolute Gasteiger partial charge is 0.494 e. The summed E-state index contributed by atoms with van der Waals surface area (Å²) < 4.78 is 16.1. The van der Waals surface area contributed by atoms with Crippen LogP contribution in [0.2, 0.25) is 0 Å². The van der Waals surface area contributed by atoms with Crippen molar-refractivity contribution in [1.82, 2.24) is 4.90 Å². The van der Waals surface area contributed by atoms with Crippen LogP contribution in [0.5, 0.6) is 17.2 Å². The third kappa shape index (κ3) is 4.97. The lowest BCUT2D eigenvalue weighted by Gasteiger charge is -2.14. The fraction of sp³-hybridized carbons (Fsp3) is 0.304. The number of methoxy groups -OCH3 is 2. The first-order valence-electron chi connectivity index (χ1n) is 9.84. The zero-order chi connectivity index (χ0) is 21.5. The van der Waals surface area contributed by atoms with Crippen molar-refractivity contribution in [3.05, 3.63) is 52.9 Å². The molecule has 158 valence electrons. The summed E-state index contributed by atoms with van der Waals surface area (Å²) in [6.07, 6.45) is 2.70. The molecule has 1 amide bonds. The molecule has 1 fully saturated rings. The summed E-state index contributed by atoms with van der Waals surface area (Å²) in [4.78, 5) is 20.1. The average molecular weight is 427 g/mol. The average Bonchev–Trinajstić information content (AvgIpc) is 3.04. The topological polar surface area (TPSA) is 60.4 Å². The summed E-state index contributed by atoms with van der Waals surface area (Å²) in [5.74, 6) is 2.03. The summed E-state index contributed by atoms with van der Waals surface area (Å²) in [7, 11) is 3.19. The highest BCUT2D eigenvalue weighted by Gasteiger charge is 2.32. The van der Waals surface area contributed by atoms with E-state index in [0.29, 0.717) is 34.7 Å². The molecule has 2 aromatic rings. The van der Waals surface area contributed by atoms with E-state index >= 15 is 0 Å². The highest BCUT2D eigenvalue weighted by Crippen LogP contribution is 2.36. The van der Waals surface area contributed by atoms with Crippen molar-refractivity contribution in [2.45, 2.75) is 20.3 Å². The number of nitrogens with zero attached hydrogens (tertiary/aromatic N) is 2. The van der Waals surface area contributed by atoms with Crippen LogP contribution in [0.25, 0.3) is 6.08 Å². The summed E-state index contributed by atoms with van der Waals surface area (Å²) in [5, 5.41) is 0.678. The molecule has 30 heavy (non-hydrogen) atoms. The van der Waals surface area contributed by atoms with Gasteiger partial charge in [0.1, 0.15) is 5.75 Å². The molecule has 0 bridgehead atoms. The van der Waals surface area contributed by atoms with Crippen molar-refractivity contribution in [2.24, 2.45) is 4.99 Å². The van der Waals surface area contributed by atoms with Gasteiger partial charge in [-0.3, -0.25) is 9.69 Å². The molecule has 6 nitrogen and oxygen atoms in total. The highest BCUT2D eigenvalue weighted by molar-refractivity contribution is 8.18. The molecule has 0 spiro atoms. The number of carbonyl (C=O) groups is 1. The Kier molecular flexibility index (Phi) is 7.41. The van der Waals surface area contributed by atoms with Gasteiger partial charge in [0.25, 0.3) is 5.91 Å². The number of aliphatic imine (C=N–C) groups is 1. The Labute approximate surface area is 181 Å². The molecule has 0 saturated carbocycles. The molecule has 1 saturated heterocycles. The Morgan fingerprint density at radius 3 is 2.40 bits per heavy atom. The molecule has 1 heterocycles. The molecular formula is C23H26N2O4S. The third-order valence-corrected chi connectivity index (χ3v) is 5.42. The predicted octanol–water partition coefficient (Wildman–Crippen LogP) is 5.12. The van der Waals surface area contributed by atoms with Crippen LogP contribution in [0, 0.1) is 0 Å². The SMILES string of the molecule is CCCN1C(=O)/C(=C/c2ccc(OC)c(OC)c2)SC1=Nc1ccc(OCC)cc1. The number of thioether (sulfide) groups is 1. The molecule has 3 rings (SSSR count). The van der Waals surface area contributed by atoms with Gasteiger partial charge < -0.3 is 14.2 Å². The van der Waals surface area contributed by atoms with Crippen molar-refractivity contribution in [2.75, 3.05) is 27.4 Å². The Hall–Kier alpha value is -2.93. The second-order valence-electron chi connectivity index (χ2n) is 6.50. The molecule has 1 aliphatic heterocycles. The van der Waals surface area contributed by atoms with Gasteiger partial charge >= 0.3 is 0 Å². The molecule has 0 aromatic heterocycles. The minimum Gasteiger partial charge on any atom is -0.494 e. The second kappa shape index (κ2) is 10.2. The molecular weight excluding hydrogens is 400 g/mol. The Morgan fingerprint density at radius 1 is 1.03 bits per heavy atom. The number of amidine groups is 1. The number of amides is 1. The quantitative estimate of drug-likeness (QED) is 0.549. The van der Waals surface area contributed by atoms with Gasteiger partial charge in [-0.15, -0.1) is 0 Å². The Morgan fingerprint density at radius 2 is 1.77 bits per heavy atom. The molecule has 1 aliphatic rings. The van der Waals surface area contributed by atoms with Gasteiger partial charge in [0.15, 0.2) is 16.7 Å². The van der Waals surface area contributed by atoms with Gasteiger partial charge in [-0.05, 0) is 73.1 Å². The molecule has 0 N–H and O–H groups in total.